The summed E-state index contributed by atoms with van der Waals surface area (Å²) in [4.78, 5) is 10.7. The van der Waals surface area contributed by atoms with E-state index in [1.165, 1.54) is 0 Å². The van der Waals surface area contributed by atoms with Crippen molar-refractivity contribution in [2.45, 2.75) is 59.0 Å². The van der Waals surface area contributed by atoms with E-state index in [1.807, 2.05) is 34.6 Å². The van der Waals surface area contributed by atoms with Crippen LogP contribution in [0.15, 0.2) is 0 Å². The minimum absolute atomic E-state index is 0.0495. The van der Waals surface area contributed by atoms with Gasteiger partial charge >= 0.3 is 0 Å². The van der Waals surface area contributed by atoms with E-state index in [0.29, 0.717) is 0 Å². The van der Waals surface area contributed by atoms with Crippen molar-refractivity contribution in [1.82, 2.24) is 0 Å². The van der Waals surface area contributed by atoms with Gasteiger partial charge in [0.2, 0.25) is 0 Å². The van der Waals surface area contributed by atoms with Gasteiger partial charge < -0.3 is 14.3 Å². The molecule has 0 aliphatic rings. The summed E-state index contributed by atoms with van der Waals surface area (Å²) >= 11 is 0. The number of hydrogen-bond acceptors (Lipinski definition) is 3. The highest BCUT2D eigenvalue weighted by atomic mass is 16.6. The van der Waals surface area contributed by atoms with Gasteiger partial charge in [0.25, 0.3) is 0 Å². The fraction of sp³-hybridized carbons (Fsp3) is 0.900. The van der Waals surface area contributed by atoms with Crippen molar-refractivity contribution in [3.05, 3.63) is 0 Å². The second-order valence-corrected chi connectivity index (χ2v) is 3.68. The van der Waals surface area contributed by atoms with Crippen LogP contribution < -0.4 is 0 Å². The van der Waals surface area contributed by atoms with Crippen molar-refractivity contribution in [2.24, 2.45) is 0 Å². The molecule has 0 saturated carbocycles. The lowest BCUT2D eigenvalue weighted by molar-refractivity contribution is -0.137. The number of aldehydes is 1. The van der Waals surface area contributed by atoms with E-state index in [4.69, 9.17) is 9.47 Å². The Kier molecular flexibility index (Phi) is 5.91. The van der Waals surface area contributed by atoms with Gasteiger partial charge in [-0.05, 0) is 34.6 Å². The van der Waals surface area contributed by atoms with Crippen LogP contribution in [-0.4, -0.2) is 30.7 Å². The number of hydrogen-bond donors (Lipinski definition) is 0. The van der Waals surface area contributed by atoms with Crippen molar-refractivity contribution in [3.8, 4) is 0 Å². The Bertz CT molecular complexity index is 143. The smallest absolute Gasteiger partial charge is 0.151 e. The molecular formula is C10H20O3. The zero-order chi connectivity index (χ0) is 10.4. The Morgan fingerprint density at radius 1 is 0.923 bits per heavy atom. The van der Waals surface area contributed by atoms with Crippen molar-refractivity contribution in [2.75, 3.05) is 0 Å². The summed E-state index contributed by atoms with van der Waals surface area (Å²) in [6, 6.07) is 0. The Morgan fingerprint density at radius 3 is 1.69 bits per heavy atom. The normalized spacial score (nSPS) is 16.2. The first kappa shape index (κ1) is 12.6. The van der Waals surface area contributed by atoms with Crippen LogP contribution in [0.3, 0.4) is 0 Å². The topological polar surface area (TPSA) is 35.5 Å². The molecule has 0 radical (unpaired) electrons. The van der Waals surface area contributed by atoms with Gasteiger partial charge in [-0.1, -0.05) is 0 Å². The fourth-order valence-electron chi connectivity index (χ4n) is 1.07. The first-order chi connectivity index (χ1) is 5.97. The van der Waals surface area contributed by atoms with Gasteiger partial charge in [-0.15, -0.1) is 0 Å². The van der Waals surface area contributed by atoms with Crippen LogP contribution in [0, 0.1) is 0 Å². The number of carbonyl (C=O) groups excluding carboxylic acids is 1. The lowest BCUT2D eigenvalue weighted by atomic mass is 10.2. The monoisotopic (exact) mass is 188 g/mol. The molecule has 0 bridgehead atoms. The standard InChI is InChI=1S/C10H20O3/c1-7(2)12-9(5)10(6-11)13-8(3)4/h6-10H,1-5H3/t9-,10-/m0/s1. The van der Waals surface area contributed by atoms with Crippen LogP contribution in [0.2, 0.25) is 0 Å². The number of ether oxygens (including phenoxy) is 2. The van der Waals surface area contributed by atoms with Gasteiger partial charge in [0.15, 0.2) is 6.29 Å². The number of carbonyl (C=O) groups is 1. The summed E-state index contributed by atoms with van der Waals surface area (Å²) in [5.41, 5.74) is 0. The minimum Gasteiger partial charge on any atom is -0.373 e. The molecule has 0 fully saturated rings. The predicted octanol–water partition coefficient (Wildman–Crippen LogP) is 1.79. The second-order valence-electron chi connectivity index (χ2n) is 3.68. The first-order valence-corrected chi connectivity index (χ1v) is 4.73. The molecule has 13 heavy (non-hydrogen) atoms. The van der Waals surface area contributed by atoms with E-state index >= 15 is 0 Å². The molecule has 0 aliphatic heterocycles. The van der Waals surface area contributed by atoms with Gasteiger partial charge in [-0.3, -0.25) is 0 Å². The molecule has 0 N–H and O–H groups in total. The first-order valence-electron chi connectivity index (χ1n) is 4.73. The maximum absolute atomic E-state index is 10.7. The Hall–Kier alpha value is -0.410. The number of rotatable bonds is 6. The Balaban J connectivity index is 3.98. The Labute approximate surface area is 80.4 Å². The molecule has 0 aliphatic carbocycles. The van der Waals surface area contributed by atoms with E-state index in [2.05, 4.69) is 0 Å². The average molecular weight is 188 g/mol. The third-order valence-electron chi connectivity index (χ3n) is 1.51. The highest BCUT2D eigenvalue weighted by Crippen LogP contribution is 2.07. The van der Waals surface area contributed by atoms with Crippen molar-refractivity contribution in [1.29, 1.82) is 0 Å². The van der Waals surface area contributed by atoms with Crippen molar-refractivity contribution in [3.63, 3.8) is 0 Å². The second kappa shape index (κ2) is 6.11. The van der Waals surface area contributed by atoms with Crippen LogP contribution in [0.25, 0.3) is 0 Å². The van der Waals surface area contributed by atoms with Crippen LogP contribution in [0.4, 0.5) is 0 Å². The molecule has 0 heterocycles. The maximum atomic E-state index is 10.7. The highest BCUT2D eigenvalue weighted by molar-refractivity contribution is 5.57. The zero-order valence-corrected chi connectivity index (χ0v) is 9.11. The lowest BCUT2D eigenvalue weighted by Crippen LogP contribution is -2.34. The summed E-state index contributed by atoms with van der Waals surface area (Å²) in [7, 11) is 0. The molecule has 78 valence electrons. The summed E-state index contributed by atoms with van der Waals surface area (Å²) in [6.45, 7) is 9.53. The van der Waals surface area contributed by atoms with Crippen LogP contribution in [0.5, 0.6) is 0 Å². The quantitative estimate of drug-likeness (QED) is 0.596. The highest BCUT2D eigenvalue weighted by Gasteiger charge is 2.19. The van der Waals surface area contributed by atoms with Gasteiger partial charge in [0, 0.05) is 0 Å². The third-order valence-corrected chi connectivity index (χ3v) is 1.51. The minimum atomic E-state index is -0.456. The molecule has 0 spiro atoms. The van der Waals surface area contributed by atoms with Crippen LogP contribution >= 0.6 is 0 Å². The molecule has 0 aromatic heterocycles. The van der Waals surface area contributed by atoms with Crippen LogP contribution in [0.1, 0.15) is 34.6 Å². The van der Waals surface area contributed by atoms with Gasteiger partial charge in [0.1, 0.15) is 6.10 Å². The molecule has 0 rings (SSSR count). The van der Waals surface area contributed by atoms with E-state index in [-0.39, 0.29) is 18.3 Å². The molecule has 0 saturated heterocycles. The SMILES string of the molecule is CC(C)O[C@@H](C)[C@H](C=O)OC(C)C. The molecule has 0 amide bonds. The van der Waals surface area contributed by atoms with E-state index in [1.54, 1.807) is 0 Å². The summed E-state index contributed by atoms with van der Waals surface area (Å²) < 4.78 is 10.8. The van der Waals surface area contributed by atoms with Crippen LogP contribution in [-0.2, 0) is 14.3 Å². The average Bonchev–Trinajstić information content (AvgIpc) is 1.98. The van der Waals surface area contributed by atoms with E-state index in [0.717, 1.165) is 6.29 Å². The summed E-state index contributed by atoms with van der Waals surface area (Å²) in [5.74, 6) is 0. The lowest BCUT2D eigenvalue weighted by Gasteiger charge is -2.23. The van der Waals surface area contributed by atoms with Gasteiger partial charge in [0.05, 0.1) is 18.3 Å². The fourth-order valence-corrected chi connectivity index (χ4v) is 1.07. The third kappa shape index (κ3) is 5.77. The molecule has 0 aromatic rings. The van der Waals surface area contributed by atoms with Gasteiger partial charge in [-0.2, -0.15) is 0 Å². The zero-order valence-electron chi connectivity index (χ0n) is 9.11. The molecule has 3 heteroatoms. The summed E-state index contributed by atoms with van der Waals surface area (Å²) in [6.07, 6.45) is 0.330. The molecule has 0 aromatic carbocycles. The molecule has 3 nitrogen and oxygen atoms in total. The van der Waals surface area contributed by atoms with Gasteiger partial charge in [-0.25, -0.2) is 0 Å². The molecule has 2 atom stereocenters. The Morgan fingerprint density at radius 2 is 1.38 bits per heavy atom. The van der Waals surface area contributed by atoms with E-state index < -0.39 is 6.10 Å². The van der Waals surface area contributed by atoms with Crippen molar-refractivity contribution < 1.29 is 14.3 Å². The van der Waals surface area contributed by atoms with E-state index in [9.17, 15) is 4.79 Å². The van der Waals surface area contributed by atoms with Crippen molar-refractivity contribution >= 4 is 6.29 Å². The summed E-state index contributed by atoms with van der Waals surface area (Å²) in [5, 5.41) is 0. The maximum Gasteiger partial charge on any atom is 0.151 e. The molecule has 0 unspecified atom stereocenters. The predicted molar refractivity (Wildman–Crippen MR) is 51.8 cm³/mol. The molecular weight excluding hydrogens is 168 g/mol. The largest absolute Gasteiger partial charge is 0.373 e.